The summed E-state index contributed by atoms with van der Waals surface area (Å²) < 4.78 is 1.00. The molecule has 1 atom stereocenters. The van der Waals surface area contributed by atoms with Gasteiger partial charge >= 0.3 is 0 Å². The first kappa shape index (κ1) is 17.1. The van der Waals surface area contributed by atoms with Crippen molar-refractivity contribution in [3.63, 3.8) is 0 Å². The van der Waals surface area contributed by atoms with E-state index in [1.807, 2.05) is 36.4 Å². The summed E-state index contributed by atoms with van der Waals surface area (Å²) >= 11 is 3.11. The first-order chi connectivity index (χ1) is 12.5. The molecule has 5 nitrogen and oxygen atoms in total. The van der Waals surface area contributed by atoms with Crippen LogP contribution in [0.5, 0.6) is 0 Å². The van der Waals surface area contributed by atoms with Gasteiger partial charge in [-0.1, -0.05) is 23.9 Å². The fraction of sp³-hybridized carbons (Fsp3) is 0.211. The number of fused-ring (bicyclic) bond motifs is 1. The van der Waals surface area contributed by atoms with Crippen molar-refractivity contribution in [2.24, 2.45) is 10.7 Å². The molecule has 0 spiro atoms. The quantitative estimate of drug-likeness (QED) is 0.711. The Labute approximate surface area is 159 Å². The maximum Gasteiger partial charge on any atom is 0.255 e. The van der Waals surface area contributed by atoms with Crippen molar-refractivity contribution in [2.75, 3.05) is 11.1 Å². The number of nitrogens with zero attached hydrogens (tertiary/aromatic N) is 2. The van der Waals surface area contributed by atoms with Crippen molar-refractivity contribution < 1.29 is 4.79 Å². The summed E-state index contributed by atoms with van der Waals surface area (Å²) in [6.07, 6.45) is 0.914. The summed E-state index contributed by atoms with van der Waals surface area (Å²) in [7, 11) is 0. The first-order valence-corrected chi connectivity index (χ1v) is 10.1. The average Bonchev–Trinajstić information content (AvgIpc) is 3.09. The molecule has 0 saturated heterocycles. The van der Waals surface area contributed by atoms with Crippen molar-refractivity contribution in [1.29, 1.82) is 0 Å². The van der Waals surface area contributed by atoms with Crippen LogP contribution in [-0.2, 0) is 5.54 Å². The normalized spacial score (nSPS) is 20.0. The third-order valence-electron chi connectivity index (χ3n) is 4.53. The van der Waals surface area contributed by atoms with E-state index < -0.39 is 0 Å². The van der Waals surface area contributed by atoms with Gasteiger partial charge in [-0.2, -0.15) is 0 Å². The second-order valence-corrected chi connectivity index (χ2v) is 8.39. The topological polar surface area (TPSA) is 80.4 Å². The number of nitrogens with one attached hydrogen (secondary N) is 1. The number of aromatic nitrogens is 1. The molecule has 0 fully saturated rings. The highest BCUT2D eigenvalue weighted by Gasteiger charge is 2.29. The fourth-order valence-corrected chi connectivity index (χ4v) is 4.72. The highest BCUT2D eigenvalue weighted by molar-refractivity contribution is 8.13. The minimum atomic E-state index is -0.350. The molecule has 1 aliphatic rings. The van der Waals surface area contributed by atoms with Gasteiger partial charge in [-0.15, -0.1) is 11.3 Å². The van der Waals surface area contributed by atoms with Gasteiger partial charge in [0.05, 0.1) is 21.3 Å². The molecule has 0 bridgehead atoms. The lowest BCUT2D eigenvalue weighted by atomic mass is 9.89. The molecule has 4 rings (SSSR count). The second kappa shape index (κ2) is 6.74. The monoisotopic (exact) mass is 382 g/mol. The summed E-state index contributed by atoms with van der Waals surface area (Å²) in [6.45, 7) is 2.08. The zero-order chi connectivity index (χ0) is 18.1. The average molecular weight is 383 g/mol. The number of carbonyl (C=O) groups is 1. The van der Waals surface area contributed by atoms with Crippen LogP contribution in [-0.4, -0.2) is 21.8 Å². The van der Waals surface area contributed by atoms with Gasteiger partial charge in [0.1, 0.15) is 0 Å². The van der Waals surface area contributed by atoms with Crippen molar-refractivity contribution in [2.45, 2.75) is 18.9 Å². The minimum absolute atomic E-state index is 0.134. The Morgan fingerprint density at radius 2 is 2.15 bits per heavy atom. The van der Waals surface area contributed by atoms with Crippen LogP contribution in [0.4, 0.5) is 5.69 Å². The Kier molecular flexibility index (Phi) is 4.42. The number of amides is 1. The molecule has 3 N–H and O–H groups in total. The van der Waals surface area contributed by atoms with Gasteiger partial charge in [0.15, 0.2) is 5.17 Å². The van der Waals surface area contributed by atoms with E-state index in [4.69, 9.17) is 5.73 Å². The third kappa shape index (κ3) is 3.32. The SMILES string of the molecule is CC1(c2cccc(NC(=O)c3ccc4ncsc4c3)c2)CCSC(N)=N1. The van der Waals surface area contributed by atoms with Gasteiger partial charge < -0.3 is 11.1 Å². The Hall–Kier alpha value is -2.38. The Morgan fingerprint density at radius 3 is 3.00 bits per heavy atom. The van der Waals surface area contributed by atoms with Gasteiger partial charge in [0.25, 0.3) is 5.91 Å². The molecule has 0 aliphatic carbocycles. The molecular weight excluding hydrogens is 364 g/mol. The number of anilines is 1. The number of benzene rings is 2. The molecule has 1 amide bonds. The number of hydrogen-bond acceptors (Lipinski definition) is 6. The van der Waals surface area contributed by atoms with E-state index in [9.17, 15) is 4.79 Å². The van der Waals surface area contributed by atoms with Crippen molar-refractivity contribution in [3.05, 3.63) is 59.1 Å². The second-order valence-electron chi connectivity index (χ2n) is 6.39. The molecule has 1 aliphatic heterocycles. The van der Waals surface area contributed by atoms with Crippen LogP contribution in [0.25, 0.3) is 10.2 Å². The molecule has 1 aromatic heterocycles. The molecule has 3 aromatic rings. The summed E-state index contributed by atoms with van der Waals surface area (Å²) in [5.41, 5.74) is 10.7. The van der Waals surface area contributed by atoms with Crippen LogP contribution in [0.2, 0.25) is 0 Å². The van der Waals surface area contributed by atoms with Crippen LogP contribution in [0, 0.1) is 0 Å². The van der Waals surface area contributed by atoms with Gasteiger partial charge in [-0.05, 0) is 49.2 Å². The summed E-state index contributed by atoms with van der Waals surface area (Å²) in [4.78, 5) is 21.5. The summed E-state index contributed by atoms with van der Waals surface area (Å²) in [6, 6.07) is 13.4. The van der Waals surface area contributed by atoms with Gasteiger partial charge in [0.2, 0.25) is 0 Å². The largest absolute Gasteiger partial charge is 0.379 e. The molecule has 2 aromatic carbocycles. The fourth-order valence-electron chi connectivity index (χ4n) is 3.03. The van der Waals surface area contributed by atoms with Crippen LogP contribution in [0.1, 0.15) is 29.3 Å². The highest BCUT2D eigenvalue weighted by Crippen LogP contribution is 2.35. The third-order valence-corrected chi connectivity index (χ3v) is 6.12. The maximum atomic E-state index is 12.6. The Balaban J connectivity index is 1.58. The summed E-state index contributed by atoms with van der Waals surface area (Å²) in [5, 5.41) is 3.60. The van der Waals surface area contributed by atoms with Crippen molar-refractivity contribution in [1.82, 2.24) is 4.98 Å². The predicted molar refractivity (Wildman–Crippen MR) is 110 cm³/mol. The van der Waals surface area contributed by atoms with E-state index in [2.05, 4.69) is 22.2 Å². The lowest BCUT2D eigenvalue weighted by molar-refractivity contribution is 0.102. The van der Waals surface area contributed by atoms with E-state index in [-0.39, 0.29) is 11.4 Å². The van der Waals surface area contributed by atoms with Crippen LogP contribution in [0.15, 0.2) is 53.0 Å². The number of carbonyl (C=O) groups excluding carboxylic acids is 1. The van der Waals surface area contributed by atoms with E-state index in [1.54, 1.807) is 23.3 Å². The molecule has 0 saturated carbocycles. The van der Waals surface area contributed by atoms with Crippen molar-refractivity contribution in [3.8, 4) is 0 Å². The van der Waals surface area contributed by atoms with Gasteiger partial charge in [0, 0.05) is 17.0 Å². The van der Waals surface area contributed by atoms with E-state index in [1.165, 1.54) is 11.3 Å². The minimum Gasteiger partial charge on any atom is -0.379 e. The highest BCUT2D eigenvalue weighted by atomic mass is 32.2. The Bertz CT molecular complexity index is 1010. The number of nitrogens with two attached hydrogens (primary N) is 1. The van der Waals surface area contributed by atoms with Crippen LogP contribution in [0.3, 0.4) is 0 Å². The molecule has 7 heteroatoms. The summed E-state index contributed by atoms with van der Waals surface area (Å²) in [5.74, 6) is 0.807. The first-order valence-electron chi connectivity index (χ1n) is 8.27. The molecule has 26 heavy (non-hydrogen) atoms. The van der Waals surface area contributed by atoms with Crippen LogP contribution >= 0.6 is 23.1 Å². The van der Waals surface area contributed by atoms with Gasteiger partial charge in [-0.25, -0.2) is 4.98 Å². The molecule has 1 unspecified atom stereocenters. The lowest BCUT2D eigenvalue weighted by Crippen LogP contribution is -2.28. The zero-order valence-electron chi connectivity index (χ0n) is 14.2. The number of thiazole rings is 1. The van der Waals surface area contributed by atoms with Gasteiger partial charge in [-0.3, -0.25) is 9.79 Å². The number of amidine groups is 1. The standard InChI is InChI=1S/C19H18N4OS2/c1-19(7-8-25-18(20)23-19)13-3-2-4-14(10-13)22-17(24)12-5-6-15-16(9-12)26-11-21-15/h2-6,9-11H,7-8H2,1H3,(H2,20,23)(H,22,24). The number of thioether (sulfide) groups is 1. The molecule has 2 heterocycles. The smallest absolute Gasteiger partial charge is 0.255 e. The Morgan fingerprint density at radius 1 is 1.27 bits per heavy atom. The van der Waals surface area contributed by atoms with E-state index in [0.717, 1.165) is 33.6 Å². The maximum absolute atomic E-state index is 12.6. The molecular formula is C19H18N4OS2. The van der Waals surface area contributed by atoms with Crippen molar-refractivity contribution >= 4 is 50.1 Å². The zero-order valence-corrected chi connectivity index (χ0v) is 15.9. The molecule has 132 valence electrons. The molecule has 0 radical (unpaired) electrons. The predicted octanol–water partition coefficient (Wildman–Crippen LogP) is 4.22. The van der Waals surface area contributed by atoms with Crippen LogP contribution < -0.4 is 11.1 Å². The number of rotatable bonds is 3. The van der Waals surface area contributed by atoms with E-state index >= 15 is 0 Å². The number of aliphatic imine (C=N–C) groups is 1. The lowest BCUT2D eigenvalue weighted by Gasteiger charge is -2.30. The van der Waals surface area contributed by atoms with E-state index in [0.29, 0.717) is 10.7 Å². The number of hydrogen-bond donors (Lipinski definition) is 2.